The topological polar surface area (TPSA) is 54.9 Å². The summed E-state index contributed by atoms with van der Waals surface area (Å²) in [5.74, 6) is 0.243. The van der Waals surface area contributed by atoms with Crippen molar-refractivity contribution in [3.05, 3.63) is 71.8 Å². The molecule has 25 heavy (non-hydrogen) atoms. The zero-order valence-corrected chi connectivity index (χ0v) is 15.0. The van der Waals surface area contributed by atoms with Gasteiger partial charge in [0.05, 0.1) is 11.4 Å². The fourth-order valence-electron chi connectivity index (χ4n) is 2.46. The van der Waals surface area contributed by atoms with Crippen molar-refractivity contribution in [2.45, 2.75) is 18.9 Å². The number of aryl methyl sites for hydroxylation is 2. The van der Waals surface area contributed by atoms with Crippen LogP contribution >= 0.6 is 11.8 Å². The van der Waals surface area contributed by atoms with Gasteiger partial charge in [0.2, 0.25) is 5.91 Å². The van der Waals surface area contributed by atoms with Gasteiger partial charge in [-0.1, -0.05) is 48.2 Å². The van der Waals surface area contributed by atoms with Gasteiger partial charge in [0.1, 0.15) is 5.03 Å². The number of hydrogen-bond donors (Lipinski definition) is 1. The summed E-state index contributed by atoms with van der Waals surface area (Å²) in [6.07, 6.45) is 0. The Bertz CT molecular complexity index is 878. The molecule has 0 saturated heterocycles. The first-order valence-electron chi connectivity index (χ1n) is 8.01. The monoisotopic (exact) mass is 349 g/mol. The number of hydrogen-bond acceptors (Lipinski definition) is 4. The lowest BCUT2D eigenvalue weighted by atomic mass is 10.1. The molecule has 0 aliphatic heterocycles. The number of amides is 1. The molecule has 0 fully saturated rings. The lowest BCUT2D eigenvalue weighted by Gasteiger charge is -2.06. The second-order valence-electron chi connectivity index (χ2n) is 5.78. The number of benzene rings is 2. The number of nitrogens with one attached hydrogen (secondary N) is 1. The Kier molecular flexibility index (Phi) is 5.46. The van der Waals surface area contributed by atoms with E-state index in [4.69, 9.17) is 0 Å². The standard InChI is InChI=1S/C20H19N3OS/c1-14-6-5-8-16(12-14)21-19(24)13-25-20-11-10-18(22-23-20)17-9-4-3-7-15(17)2/h3-12H,13H2,1-2H3,(H,21,24). The molecule has 0 atom stereocenters. The number of carbonyl (C=O) groups excluding carboxylic acids is 1. The van der Waals surface area contributed by atoms with Gasteiger partial charge in [-0.2, -0.15) is 0 Å². The van der Waals surface area contributed by atoms with Crippen LogP contribution in [-0.4, -0.2) is 21.9 Å². The van der Waals surface area contributed by atoms with Gasteiger partial charge in [-0.25, -0.2) is 0 Å². The van der Waals surface area contributed by atoms with Crippen LogP contribution in [0.5, 0.6) is 0 Å². The third-order valence-corrected chi connectivity index (χ3v) is 4.63. The van der Waals surface area contributed by atoms with Gasteiger partial charge < -0.3 is 5.32 Å². The van der Waals surface area contributed by atoms with Crippen LogP contribution in [0.3, 0.4) is 0 Å². The van der Waals surface area contributed by atoms with E-state index in [0.717, 1.165) is 33.1 Å². The first kappa shape index (κ1) is 17.2. The van der Waals surface area contributed by atoms with Crippen LogP contribution in [0.15, 0.2) is 65.7 Å². The highest BCUT2D eigenvalue weighted by atomic mass is 32.2. The van der Waals surface area contributed by atoms with Gasteiger partial charge in [0.15, 0.2) is 0 Å². The Morgan fingerprint density at radius 3 is 2.56 bits per heavy atom. The van der Waals surface area contributed by atoms with E-state index in [1.54, 1.807) is 0 Å². The molecule has 1 amide bonds. The summed E-state index contributed by atoms with van der Waals surface area (Å²) >= 11 is 1.37. The first-order valence-corrected chi connectivity index (χ1v) is 8.99. The van der Waals surface area contributed by atoms with Gasteiger partial charge >= 0.3 is 0 Å². The molecule has 2 aromatic carbocycles. The van der Waals surface area contributed by atoms with Gasteiger partial charge in [-0.15, -0.1) is 10.2 Å². The van der Waals surface area contributed by atoms with Crippen LogP contribution in [0, 0.1) is 13.8 Å². The maximum atomic E-state index is 12.1. The van der Waals surface area contributed by atoms with E-state index in [0.29, 0.717) is 5.75 Å². The van der Waals surface area contributed by atoms with E-state index in [-0.39, 0.29) is 5.91 Å². The van der Waals surface area contributed by atoms with Gasteiger partial charge in [0.25, 0.3) is 0 Å². The Morgan fingerprint density at radius 2 is 1.84 bits per heavy atom. The molecule has 0 unspecified atom stereocenters. The van der Waals surface area contributed by atoms with Crippen LogP contribution in [-0.2, 0) is 4.79 Å². The average Bonchev–Trinajstić information content (AvgIpc) is 2.61. The van der Waals surface area contributed by atoms with Gasteiger partial charge in [-0.05, 0) is 49.2 Å². The smallest absolute Gasteiger partial charge is 0.234 e. The minimum atomic E-state index is -0.0552. The fourth-order valence-corrected chi connectivity index (χ4v) is 3.07. The molecule has 4 nitrogen and oxygen atoms in total. The van der Waals surface area contributed by atoms with E-state index >= 15 is 0 Å². The largest absolute Gasteiger partial charge is 0.325 e. The summed E-state index contributed by atoms with van der Waals surface area (Å²) in [4.78, 5) is 12.1. The molecule has 1 N–H and O–H groups in total. The van der Waals surface area contributed by atoms with Gasteiger partial charge in [-0.3, -0.25) is 4.79 Å². The van der Waals surface area contributed by atoms with Crippen LogP contribution in [0.4, 0.5) is 5.69 Å². The third-order valence-electron chi connectivity index (χ3n) is 3.71. The van der Waals surface area contributed by atoms with E-state index in [1.165, 1.54) is 11.8 Å². The van der Waals surface area contributed by atoms with Crippen LogP contribution in [0.25, 0.3) is 11.3 Å². The van der Waals surface area contributed by atoms with E-state index in [1.807, 2.05) is 61.5 Å². The average molecular weight is 349 g/mol. The van der Waals surface area contributed by atoms with Crippen molar-refractivity contribution in [2.24, 2.45) is 0 Å². The van der Waals surface area contributed by atoms with Crippen molar-refractivity contribution in [1.82, 2.24) is 10.2 Å². The third kappa shape index (κ3) is 4.67. The van der Waals surface area contributed by atoms with Crippen LogP contribution in [0.2, 0.25) is 0 Å². The predicted molar refractivity (Wildman–Crippen MR) is 103 cm³/mol. The quantitative estimate of drug-likeness (QED) is 0.690. The number of rotatable bonds is 5. The lowest BCUT2D eigenvalue weighted by Crippen LogP contribution is -2.14. The number of aromatic nitrogens is 2. The number of anilines is 1. The van der Waals surface area contributed by atoms with Crippen molar-refractivity contribution < 1.29 is 4.79 Å². The van der Waals surface area contributed by atoms with E-state index in [2.05, 4.69) is 28.5 Å². The Morgan fingerprint density at radius 1 is 1.00 bits per heavy atom. The molecule has 0 aliphatic carbocycles. The molecule has 3 aromatic rings. The van der Waals surface area contributed by atoms with Crippen molar-refractivity contribution in [2.75, 3.05) is 11.1 Å². The highest BCUT2D eigenvalue weighted by molar-refractivity contribution is 7.99. The summed E-state index contributed by atoms with van der Waals surface area (Å²) in [6, 6.07) is 19.7. The normalized spacial score (nSPS) is 10.5. The van der Waals surface area contributed by atoms with E-state index in [9.17, 15) is 4.79 Å². The number of thioether (sulfide) groups is 1. The van der Waals surface area contributed by atoms with Crippen LogP contribution < -0.4 is 5.32 Å². The Labute approximate surface area is 151 Å². The number of nitrogens with zero attached hydrogens (tertiary/aromatic N) is 2. The maximum Gasteiger partial charge on any atom is 0.234 e. The second kappa shape index (κ2) is 7.94. The molecule has 1 aromatic heterocycles. The predicted octanol–water partition coefficient (Wildman–Crippen LogP) is 4.49. The molecule has 5 heteroatoms. The molecule has 0 aliphatic rings. The summed E-state index contributed by atoms with van der Waals surface area (Å²) < 4.78 is 0. The molecule has 0 radical (unpaired) electrons. The number of carbonyl (C=O) groups is 1. The van der Waals surface area contributed by atoms with Crippen molar-refractivity contribution in [1.29, 1.82) is 0 Å². The molecule has 0 saturated carbocycles. The van der Waals surface area contributed by atoms with Crippen molar-refractivity contribution in [3.63, 3.8) is 0 Å². The van der Waals surface area contributed by atoms with Crippen molar-refractivity contribution in [3.8, 4) is 11.3 Å². The molecular formula is C20H19N3OS. The molecule has 126 valence electrons. The SMILES string of the molecule is Cc1cccc(NC(=O)CSc2ccc(-c3ccccc3C)nn2)c1. The summed E-state index contributed by atoms with van der Waals surface area (Å²) in [5.41, 5.74) is 5.00. The lowest BCUT2D eigenvalue weighted by molar-refractivity contribution is -0.113. The molecule has 0 spiro atoms. The zero-order chi connectivity index (χ0) is 17.6. The fraction of sp³-hybridized carbons (Fsp3) is 0.150. The minimum absolute atomic E-state index is 0.0552. The zero-order valence-electron chi connectivity index (χ0n) is 14.2. The molecule has 3 rings (SSSR count). The molecular weight excluding hydrogens is 330 g/mol. The molecule has 1 heterocycles. The van der Waals surface area contributed by atoms with Crippen LogP contribution in [0.1, 0.15) is 11.1 Å². The van der Waals surface area contributed by atoms with E-state index < -0.39 is 0 Å². The van der Waals surface area contributed by atoms with Crippen molar-refractivity contribution >= 4 is 23.4 Å². The maximum absolute atomic E-state index is 12.1. The summed E-state index contributed by atoms with van der Waals surface area (Å²) in [6.45, 7) is 4.05. The first-order chi connectivity index (χ1) is 12.1. The Hall–Kier alpha value is -2.66. The van der Waals surface area contributed by atoms with Gasteiger partial charge in [0, 0.05) is 11.3 Å². The summed E-state index contributed by atoms with van der Waals surface area (Å²) in [7, 11) is 0. The highest BCUT2D eigenvalue weighted by Crippen LogP contribution is 2.22. The second-order valence-corrected chi connectivity index (χ2v) is 6.77. The highest BCUT2D eigenvalue weighted by Gasteiger charge is 2.07. The Balaban J connectivity index is 1.58. The minimum Gasteiger partial charge on any atom is -0.325 e. The molecule has 0 bridgehead atoms. The summed E-state index contributed by atoms with van der Waals surface area (Å²) in [5, 5.41) is 12.1.